The number of benzene rings is 2. The minimum absolute atomic E-state index is 0.0211. The van der Waals surface area contributed by atoms with Crippen LogP contribution in [0.2, 0.25) is 0 Å². The molecule has 2 aromatic carbocycles. The third kappa shape index (κ3) is 2.81. The summed E-state index contributed by atoms with van der Waals surface area (Å²) in [5, 5.41) is 10.5. The highest BCUT2D eigenvalue weighted by molar-refractivity contribution is 7.99. The Morgan fingerprint density at radius 2 is 1.69 bits per heavy atom. The Hall–Kier alpha value is -3.46. The second-order valence-electron chi connectivity index (χ2n) is 7.94. The monoisotopic (exact) mass is 457 g/mol. The van der Waals surface area contributed by atoms with E-state index in [9.17, 15) is 27.9 Å². The Balaban J connectivity index is 1.81. The van der Waals surface area contributed by atoms with E-state index in [0.717, 1.165) is 28.5 Å². The van der Waals surface area contributed by atoms with Crippen LogP contribution in [-0.2, 0) is 5.41 Å². The predicted octanol–water partition coefficient (Wildman–Crippen LogP) is 4.86. The van der Waals surface area contributed by atoms with Crippen molar-refractivity contribution in [3.8, 4) is 11.4 Å². The van der Waals surface area contributed by atoms with Crippen LogP contribution in [0.25, 0.3) is 16.7 Å². The average Bonchev–Trinajstić information content (AvgIpc) is 2.93. The second kappa shape index (κ2) is 6.77. The zero-order chi connectivity index (χ0) is 22.9. The molecule has 5 rings (SSSR count). The fourth-order valence-corrected chi connectivity index (χ4v) is 4.97. The van der Waals surface area contributed by atoms with Crippen LogP contribution in [0.15, 0.2) is 66.3 Å². The van der Waals surface area contributed by atoms with E-state index in [0.29, 0.717) is 4.90 Å². The third-order valence-corrected chi connectivity index (χ3v) is 6.66. The van der Waals surface area contributed by atoms with Crippen LogP contribution >= 0.6 is 11.8 Å². The van der Waals surface area contributed by atoms with E-state index in [-0.39, 0.29) is 32.8 Å². The lowest BCUT2D eigenvalue weighted by Crippen LogP contribution is -2.24. The summed E-state index contributed by atoms with van der Waals surface area (Å²) in [6.45, 7) is 3.32. The van der Waals surface area contributed by atoms with Gasteiger partial charge < -0.3 is 9.52 Å². The molecule has 162 valence electrons. The van der Waals surface area contributed by atoms with Crippen LogP contribution in [0.3, 0.4) is 0 Å². The van der Waals surface area contributed by atoms with Crippen molar-refractivity contribution in [2.45, 2.75) is 29.1 Å². The molecule has 4 aromatic rings. The van der Waals surface area contributed by atoms with E-state index >= 15 is 0 Å². The lowest BCUT2D eigenvalue weighted by atomic mass is 9.83. The van der Waals surface area contributed by atoms with Gasteiger partial charge in [-0.3, -0.25) is 9.36 Å². The molecule has 0 saturated carbocycles. The number of nitrogens with zero attached hydrogens (tertiary/aromatic N) is 1. The van der Waals surface area contributed by atoms with Crippen molar-refractivity contribution in [2.75, 3.05) is 0 Å². The van der Waals surface area contributed by atoms with Gasteiger partial charge in [0, 0.05) is 33.7 Å². The normalized spacial score (nSPS) is 13.9. The standard InChI is InChI=1S/C23H14F3NO4S/c1-23(2)16-9-15-17(21(29)27(16)14-8-11(25)7-13(26)18(14)23)19(28)20(22(30)31-15)32-12-5-3-10(24)4-6-12/h3-9,28H,1-2H3. The number of fused-ring (bicyclic) bond motifs is 4. The number of halogens is 3. The molecule has 32 heavy (non-hydrogen) atoms. The van der Waals surface area contributed by atoms with Crippen molar-refractivity contribution in [3.63, 3.8) is 0 Å². The molecule has 0 amide bonds. The molecule has 0 aliphatic carbocycles. The van der Waals surface area contributed by atoms with Gasteiger partial charge in [-0.2, -0.15) is 0 Å². The van der Waals surface area contributed by atoms with Crippen molar-refractivity contribution in [2.24, 2.45) is 0 Å². The minimum Gasteiger partial charge on any atom is -0.505 e. The molecule has 1 N–H and O–H groups in total. The van der Waals surface area contributed by atoms with Crippen molar-refractivity contribution in [1.82, 2.24) is 4.57 Å². The average molecular weight is 457 g/mol. The van der Waals surface area contributed by atoms with Crippen molar-refractivity contribution >= 4 is 22.7 Å². The smallest absolute Gasteiger partial charge is 0.354 e. The second-order valence-corrected chi connectivity index (χ2v) is 9.02. The molecule has 0 saturated heterocycles. The molecule has 0 fully saturated rings. The molecule has 1 aliphatic heterocycles. The first-order valence-electron chi connectivity index (χ1n) is 9.49. The van der Waals surface area contributed by atoms with Crippen LogP contribution < -0.4 is 11.2 Å². The zero-order valence-electron chi connectivity index (χ0n) is 16.7. The Labute approximate surface area is 182 Å². The molecule has 9 heteroatoms. The molecule has 0 atom stereocenters. The first kappa shape index (κ1) is 20.4. The molecular formula is C23H14F3NO4S. The Kier molecular flexibility index (Phi) is 4.32. The van der Waals surface area contributed by atoms with E-state index in [4.69, 9.17) is 4.42 Å². The highest BCUT2D eigenvalue weighted by atomic mass is 32.2. The molecule has 0 spiro atoms. The van der Waals surface area contributed by atoms with E-state index in [1.807, 2.05) is 0 Å². The maximum Gasteiger partial charge on any atom is 0.354 e. The van der Waals surface area contributed by atoms with Crippen LogP contribution in [0.5, 0.6) is 5.75 Å². The van der Waals surface area contributed by atoms with Crippen molar-refractivity contribution in [1.29, 1.82) is 0 Å². The highest BCUT2D eigenvalue weighted by Crippen LogP contribution is 2.45. The molecule has 5 nitrogen and oxygen atoms in total. The molecule has 0 unspecified atom stereocenters. The van der Waals surface area contributed by atoms with E-state index in [2.05, 4.69) is 0 Å². The summed E-state index contributed by atoms with van der Waals surface area (Å²) < 4.78 is 48.3. The zero-order valence-corrected chi connectivity index (χ0v) is 17.5. The number of hydrogen-bond donors (Lipinski definition) is 1. The SMILES string of the molecule is CC1(C)c2c(F)cc(F)cc2-n2c1cc1oc(=O)c(Sc3ccc(F)cc3)c(O)c1c2=O. The number of aromatic hydroxyl groups is 1. The van der Waals surface area contributed by atoms with Gasteiger partial charge in [0.05, 0.1) is 5.69 Å². The van der Waals surface area contributed by atoms with Gasteiger partial charge in [-0.1, -0.05) is 25.6 Å². The lowest BCUT2D eigenvalue weighted by molar-refractivity contribution is 0.445. The molecule has 3 heterocycles. The number of aromatic nitrogens is 1. The van der Waals surface area contributed by atoms with E-state index < -0.39 is 39.8 Å². The maximum absolute atomic E-state index is 14.7. The number of pyridine rings is 1. The van der Waals surface area contributed by atoms with Gasteiger partial charge in [0.1, 0.15) is 33.3 Å². The van der Waals surface area contributed by atoms with Gasteiger partial charge in [-0.25, -0.2) is 18.0 Å². The van der Waals surface area contributed by atoms with Gasteiger partial charge in [0.15, 0.2) is 5.75 Å². The lowest BCUT2D eigenvalue weighted by Gasteiger charge is -2.20. The van der Waals surface area contributed by atoms with Gasteiger partial charge in [0.2, 0.25) is 0 Å². The Morgan fingerprint density at radius 3 is 2.38 bits per heavy atom. The summed E-state index contributed by atoms with van der Waals surface area (Å²) in [4.78, 5) is 26.2. The quantitative estimate of drug-likeness (QED) is 0.466. The maximum atomic E-state index is 14.7. The van der Waals surface area contributed by atoms with Gasteiger partial charge >= 0.3 is 5.63 Å². The third-order valence-electron chi connectivity index (χ3n) is 5.59. The van der Waals surface area contributed by atoms with Gasteiger partial charge in [0.25, 0.3) is 5.56 Å². The molecular weight excluding hydrogens is 443 g/mol. The molecule has 2 aromatic heterocycles. The summed E-state index contributed by atoms with van der Waals surface area (Å²) in [6.07, 6.45) is 0. The van der Waals surface area contributed by atoms with Crippen molar-refractivity contribution < 1.29 is 22.7 Å². The molecule has 0 bridgehead atoms. The van der Waals surface area contributed by atoms with Crippen LogP contribution in [0.1, 0.15) is 25.1 Å². The first-order valence-corrected chi connectivity index (χ1v) is 10.3. The summed E-state index contributed by atoms with van der Waals surface area (Å²) in [5.74, 6) is -2.75. The van der Waals surface area contributed by atoms with E-state index in [1.165, 1.54) is 30.3 Å². The van der Waals surface area contributed by atoms with E-state index in [1.54, 1.807) is 13.8 Å². The summed E-state index contributed by atoms with van der Waals surface area (Å²) >= 11 is 0.806. The van der Waals surface area contributed by atoms with Crippen LogP contribution in [-0.4, -0.2) is 9.67 Å². The molecule has 1 aliphatic rings. The van der Waals surface area contributed by atoms with Gasteiger partial charge in [-0.05, 0) is 30.3 Å². The minimum atomic E-state index is -1.03. The number of hydrogen-bond acceptors (Lipinski definition) is 5. The Morgan fingerprint density at radius 1 is 1.00 bits per heavy atom. The summed E-state index contributed by atoms with van der Waals surface area (Å²) in [6, 6.07) is 8.35. The molecule has 0 radical (unpaired) electrons. The fourth-order valence-electron chi connectivity index (χ4n) is 4.14. The van der Waals surface area contributed by atoms with Crippen LogP contribution in [0.4, 0.5) is 13.2 Å². The topological polar surface area (TPSA) is 72.4 Å². The largest absolute Gasteiger partial charge is 0.505 e. The summed E-state index contributed by atoms with van der Waals surface area (Å²) in [7, 11) is 0. The fraction of sp³-hybridized carbons (Fsp3) is 0.130. The van der Waals surface area contributed by atoms with Crippen molar-refractivity contribution in [3.05, 3.63) is 91.9 Å². The summed E-state index contributed by atoms with van der Waals surface area (Å²) in [5.41, 5.74) is -2.45. The first-order chi connectivity index (χ1) is 15.1. The predicted molar refractivity (Wildman–Crippen MR) is 112 cm³/mol. The van der Waals surface area contributed by atoms with Crippen LogP contribution in [0, 0.1) is 17.5 Å². The van der Waals surface area contributed by atoms with Gasteiger partial charge in [-0.15, -0.1) is 0 Å². The number of rotatable bonds is 2. The highest BCUT2D eigenvalue weighted by Gasteiger charge is 2.41. The Bertz CT molecular complexity index is 1560.